The van der Waals surface area contributed by atoms with Crippen LogP contribution >= 0.6 is 0 Å². The van der Waals surface area contributed by atoms with Crippen LogP contribution in [0.1, 0.15) is 0 Å². The third-order valence-corrected chi connectivity index (χ3v) is 9.50. The highest BCUT2D eigenvalue weighted by Gasteiger charge is 2.25. The first-order valence-electron chi connectivity index (χ1n) is 17.0. The van der Waals surface area contributed by atoms with Gasteiger partial charge in [-0.25, -0.2) is 0 Å². The average molecular weight is 640 g/mol. The highest BCUT2D eigenvalue weighted by molar-refractivity contribution is 5.99. The topological polar surface area (TPSA) is 12.5 Å². The molecule has 236 valence electrons. The Bertz CT molecular complexity index is 2330. The Morgan fingerprint density at radius 1 is 0.280 bits per heavy atom. The first kappa shape index (κ1) is 29.5. The molecule has 0 radical (unpaired) electrons. The predicted octanol–water partition coefficient (Wildman–Crippen LogP) is 13.6. The molecule has 2 nitrogen and oxygen atoms in total. The molecule has 1 aliphatic heterocycles. The maximum absolute atomic E-state index is 6.87. The predicted molar refractivity (Wildman–Crippen MR) is 208 cm³/mol. The smallest absolute Gasteiger partial charge is 0.137 e. The summed E-state index contributed by atoms with van der Waals surface area (Å²) < 4.78 is 6.87. The van der Waals surface area contributed by atoms with Crippen molar-refractivity contribution < 1.29 is 4.74 Å². The van der Waals surface area contributed by atoms with Crippen molar-refractivity contribution in [2.75, 3.05) is 4.90 Å². The van der Waals surface area contributed by atoms with Gasteiger partial charge in [0.25, 0.3) is 0 Å². The van der Waals surface area contributed by atoms with Crippen LogP contribution in [0, 0.1) is 0 Å². The van der Waals surface area contributed by atoms with Crippen molar-refractivity contribution in [2.45, 2.75) is 0 Å². The SMILES string of the molecule is c1ccc(-c2ccc(N(c3ccc(-c4ccccc4)cc3)c3ccc4c(c3)Oc3ccccc3-c3c(-c5ccccc5)cccc3-4)cc2)cc1. The molecule has 0 unspecified atom stereocenters. The molecule has 1 heterocycles. The van der Waals surface area contributed by atoms with Crippen LogP contribution in [0.15, 0.2) is 200 Å². The summed E-state index contributed by atoms with van der Waals surface area (Å²) >= 11 is 0. The molecule has 0 amide bonds. The van der Waals surface area contributed by atoms with Gasteiger partial charge in [-0.15, -0.1) is 0 Å². The lowest BCUT2D eigenvalue weighted by atomic mass is 9.87. The van der Waals surface area contributed by atoms with Crippen LogP contribution in [0.4, 0.5) is 17.1 Å². The lowest BCUT2D eigenvalue weighted by Gasteiger charge is -2.27. The molecule has 0 fully saturated rings. The van der Waals surface area contributed by atoms with Crippen molar-refractivity contribution in [1.29, 1.82) is 0 Å². The van der Waals surface area contributed by atoms with E-state index in [4.69, 9.17) is 4.74 Å². The third kappa shape index (κ3) is 5.43. The minimum atomic E-state index is 0.825. The highest BCUT2D eigenvalue weighted by atomic mass is 16.5. The minimum Gasteiger partial charge on any atom is -0.456 e. The summed E-state index contributed by atoms with van der Waals surface area (Å²) in [5.74, 6) is 1.67. The monoisotopic (exact) mass is 639 g/mol. The summed E-state index contributed by atoms with van der Waals surface area (Å²) in [6.07, 6.45) is 0. The fourth-order valence-electron chi connectivity index (χ4n) is 7.08. The van der Waals surface area contributed by atoms with Gasteiger partial charge in [-0.2, -0.15) is 0 Å². The second-order valence-corrected chi connectivity index (χ2v) is 12.5. The van der Waals surface area contributed by atoms with Gasteiger partial charge >= 0.3 is 0 Å². The normalized spacial score (nSPS) is 11.4. The number of hydrogen-bond donors (Lipinski definition) is 0. The molecule has 0 bridgehead atoms. The van der Waals surface area contributed by atoms with E-state index in [1.807, 2.05) is 6.07 Å². The van der Waals surface area contributed by atoms with E-state index in [-0.39, 0.29) is 0 Å². The molecule has 0 saturated heterocycles. The first-order valence-corrected chi connectivity index (χ1v) is 17.0. The zero-order chi connectivity index (χ0) is 33.3. The van der Waals surface area contributed by atoms with E-state index in [9.17, 15) is 0 Å². The van der Waals surface area contributed by atoms with Crippen molar-refractivity contribution in [2.24, 2.45) is 0 Å². The second-order valence-electron chi connectivity index (χ2n) is 12.5. The van der Waals surface area contributed by atoms with Crippen LogP contribution in [-0.4, -0.2) is 0 Å². The van der Waals surface area contributed by atoms with Gasteiger partial charge in [-0.1, -0.05) is 152 Å². The standard InChI is InChI=1S/C48H33NO/c1-4-13-34(14-5-1)36-23-27-39(28-24-36)49(40-29-25-37(26-30-40)35-15-6-2-7-16-35)41-31-32-43-44-21-12-20-42(38-17-8-3-9-18-38)48(44)45-19-10-11-22-46(45)50-47(43)33-41/h1-33H. The van der Waals surface area contributed by atoms with Crippen LogP contribution in [0.3, 0.4) is 0 Å². The van der Waals surface area contributed by atoms with Gasteiger partial charge < -0.3 is 9.64 Å². The van der Waals surface area contributed by atoms with Crippen molar-refractivity contribution in [3.05, 3.63) is 200 Å². The Morgan fingerprint density at radius 2 is 0.740 bits per heavy atom. The van der Waals surface area contributed by atoms with E-state index in [1.165, 1.54) is 38.9 Å². The molecule has 0 spiro atoms. The van der Waals surface area contributed by atoms with Gasteiger partial charge in [0.05, 0.1) is 0 Å². The summed E-state index contributed by atoms with van der Waals surface area (Å²) in [5.41, 5.74) is 14.8. The Kier molecular flexibility index (Phi) is 7.53. The van der Waals surface area contributed by atoms with Gasteiger partial charge in [0.15, 0.2) is 0 Å². The van der Waals surface area contributed by atoms with Crippen molar-refractivity contribution in [3.63, 3.8) is 0 Å². The van der Waals surface area contributed by atoms with Gasteiger partial charge in [0.2, 0.25) is 0 Å². The second kappa shape index (κ2) is 12.8. The summed E-state index contributed by atoms with van der Waals surface area (Å²) in [6, 6.07) is 70.9. The Morgan fingerprint density at radius 3 is 1.34 bits per heavy atom. The molecule has 1 aliphatic rings. The average Bonchev–Trinajstić information content (AvgIpc) is 3.34. The van der Waals surface area contributed by atoms with E-state index >= 15 is 0 Å². The number of rotatable bonds is 6. The van der Waals surface area contributed by atoms with Crippen LogP contribution < -0.4 is 9.64 Å². The molecule has 9 rings (SSSR count). The van der Waals surface area contributed by atoms with E-state index in [2.05, 4.69) is 199 Å². The number of hydrogen-bond acceptors (Lipinski definition) is 2. The molecule has 0 atom stereocenters. The van der Waals surface area contributed by atoms with Crippen LogP contribution in [0.5, 0.6) is 11.5 Å². The molecule has 0 N–H and O–H groups in total. The molecule has 0 aliphatic carbocycles. The van der Waals surface area contributed by atoms with E-state index in [0.717, 1.165) is 45.3 Å². The van der Waals surface area contributed by atoms with Gasteiger partial charge in [0.1, 0.15) is 11.5 Å². The van der Waals surface area contributed by atoms with Crippen LogP contribution in [-0.2, 0) is 0 Å². The number of benzene rings is 8. The van der Waals surface area contributed by atoms with E-state index in [1.54, 1.807) is 0 Å². The maximum Gasteiger partial charge on any atom is 0.137 e. The molecular formula is C48H33NO. The van der Waals surface area contributed by atoms with Gasteiger partial charge in [0, 0.05) is 39.8 Å². The number of nitrogens with zero attached hydrogens (tertiary/aromatic N) is 1. The fourth-order valence-corrected chi connectivity index (χ4v) is 7.08. The molecule has 0 aromatic heterocycles. The number of anilines is 3. The Balaban J connectivity index is 1.19. The van der Waals surface area contributed by atoms with Crippen LogP contribution in [0.25, 0.3) is 55.6 Å². The van der Waals surface area contributed by atoms with Crippen LogP contribution in [0.2, 0.25) is 0 Å². The Hall–Kier alpha value is -6.64. The highest BCUT2D eigenvalue weighted by Crippen LogP contribution is 2.51. The van der Waals surface area contributed by atoms with Gasteiger partial charge in [-0.3, -0.25) is 0 Å². The number of para-hydroxylation sites is 1. The molecule has 50 heavy (non-hydrogen) atoms. The minimum absolute atomic E-state index is 0.825. The van der Waals surface area contributed by atoms with Crippen molar-refractivity contribution in [1.82, 2.24) is 0 Å². The lowest BCUT2D eigenvalue weighted by Crippen LogP contribution is -2.10. The first-order chi connectivity index (χ1) is 24.8. The fraction of sp³-hybridized carbons (Fsp3) is 0. The zero-order valence-corrected chi connectivity index (χ0v) is 27.4. The molecule has 0 saturated carbocycles. The molecular weight excluding hydrogens is 607 g/mol. The van der Waals surface area contributed by atoms with Crippen molar-refractivity contribution >= 4 is 17.1 Å². The number of fused-ring (bicyclic) bond motifs is 5. The number of ether oxygens (including phenoxy) is 1. The summed E-state index contributed by atoms with van der Waals surface area (Å²) in [5, 5.41) is 0. The van der Waals surface area contributed by atoms with E-state index < -0.39 is 0 Å². The Labute approximate surface area is 293 Å². The maximum atomic E-state index is 6.87. The lowest BCUT2D eigenvalue weighted by molar-refractivity contribution is 0.488. The molecule has 2 heteroatoms. The largest absolute Gasteiger partial charge is 0.456 e. The zero-order valence-electron chi connectivity index (χ0n) is 27.4. The summed E-state index contributed by atoms with van der Waals surface area (Å²) in [4.78, 5) is 2.31. The summed E-state index contributed by atoms with van der Waals surface area (Å²) in [7, 11) is 0. The molecule has 8 aromatic rings. The van der Waals surface area contributed by atoms with Gasteiger partial charge in [-0.05, 0) is 81.4 Å². The van der Waals surface area contributed by atoms with Crippen molar-refractivity contribution in [3.8, 4) is 67.1 Å². The third-order valence-electron chi connectivity index (χ3n) is 9.50. The quantitative estimate of drug-likeness (QED) is 0.179. The summed E-state index contributed by atoms with van der Waals surface area (Å²) in [6.45, 7) is 0. The molecule has 8 aromatic carbocycles. The van der Waals surface area contributed by atoms with E-state index in [0.29, 0.717) is 0 Å².